The number of nitrogens with one attached hydrogen (secondary N) is 2. The molecular formula is C25H33N5O3. The Bertz CT molecular complexity index is 1040. The summed E-state index contributed by atoms with van der Waals surface area (Å²) in [4.78, 5) is 41.3. The van der Waals surface area contributed by atoms with Crippen molar-refractivity contribution in [3.8, 4) is 0 Å². The first-order chi connectivity index (χ1) is 15.8. The Hall–Kier alpha value is -3.16. The van der Waals surface area contributed by atoms with Crippen molar-refractivity contribution < 1.29 is 14.4 Å². The van der Waals surface area contributed by atoms with Crippen LogP contribution in [0, 0.1) is 6.92 Å². The number of amides is 3. The molecule has 0 radical (unpaired) electrons. The van der Waals surface area contributed by atoms with Crippen molar-refractivity contribution in [2.24, 2.45) is 0 Å². The minimum absolute atomic E-state index is 0.148. The highest BCUT2D eigenvalue weighted by molar-refractivity contribution is 6.06. The normalized spacial score (nSPS) is 20.6. The smallest absolute Gasteiger partial charge is 0.276 e. The number of carbonyl (C=O) groups is 3. The van der Waals surface area contributed by atoms with Gasteiger partial charge in [0.2, 0.25) is 5.91 Å². The van der Waals surface area contributed by atoms with Gasteiger partial charge in [-0.2, -0.15) is 5.10 Å². The molecule has 2 N–H and O–H groups in total. The second-order valence-corrected chi connectivity index (χ2v) is 9.43. The van der Waals surface area contributed by atoms with E-state index in [0.717, 1.165) is 44.1 Å². The number of unbranched alkanes of at least 4 members (excludes halogenated alkanes) is 1. The van der Waals surface area contributed by atoms with Crippen molar-refractivity contribution in [2.45, 2.75) is 77.4 Å². The third-order valence-electron chi connectivity index (χ3n) is 6.75. The average molecular weight is 452 g/mol. The van der Waals surface area contributed by atoms with Crippen LogP contribution in [-0.4, -0.2) is 50.5 Å². The number of carbonyl (C=O) groups excluding carboxylic acids is 3. The van der Waals surface area contributed by atoms with E-state index in [2.05, 4.69) is 22.7 Å². The maximum atomic E-state index is 13.5. The van der Waals surface area contributed by atoms with Gasteiger partial charge in [0.25, 0.3) is 11.8 Å². The Morgan fingerprint density at radius 1 is 1.18 bits per heavy atom. The topological polar surface area (TPSA) is 96.3 Å². The van der Waals surface area contributed by atoms with Crippen LogP contribution in [-0.2, 0) is 11.3 Å². The van der Waals surface area contributed by atoms with Crippen molar-refractivity contribution >= 4 is 23.4 Å². The van der Waals surface area contributed by atoms with Crippen LogP contribution >= 0.6 is 0 Å². The van der Waals surface area contributed by atoms with Gasteiger partial charge in [0, 0.05) is 24.3 Å². The van der Waals surface area contributed by atoms with Crippen LogP contribution < -0.4 is 10.6 Å². The van der Waals surface area contributed by atoms with E-state index in [-0.39, 0.29) is 36.0 Å². The first kappa shape index (κ1) is 23.0. The number of aryl methyl sites for hydroxylation is 1. The largest absolute Gasteiger partial charge is 0.351 e. The molecule has 1 aliphatic carbocycles. The van der Waals surface area contributed by atoms with Gasteiger partial charge in [-0.25, -0.2) is 0 Å². The number of anilines is 1. The standard InChI is InChI=1S/C25H33N5O3/c1-4-5-14-29-23(32)21-15-20(22(31)26-19-12-10-17(2)11-13-19)28-30(21)16-25(29,3)24(33)27-18-8-6-7-9-18/h10-13,15,18H,4-9,14,16H2,1-3H3,(H,26,31)(H,27,33)/t25-/m0/s1. The molecule has 0 saturated heterocycles. The van der Waals surface area contributed by atoms with Crippen LogP contribution in [0.4, 0.5) is 5.69 Å². The fourth-order valence-electron chi connectivity index (χ4n) is 4.66. The second-order valence-electron chi connectivity index (χ2n) is 9.43. The van der Waals surface area contributed by atoms with Crippen LogP contribution in [0.2, 0.25) is 0 Å². The minimum atomic E-state index is -1.06. The van der Waals surface area contributed by atoms with Crippen molar-refractivity contribution in [1.29, 1.82) is 0 Å². The summed E-state index contributed by atoms with van der Waals surface area (Å²) >= 11 is 0. The molecule has 2 aromatic rings. The summed E-state index contributed by atoms with van der Waals surface area (Å²) in [5, 5.41) is 10.4. The molecule has 0 unspecified atom stereocenters. The van der Waals surface area contributed by atoms with E-state index in [4.69, 9.17) is 0 Å². The lowest BCUT2D eigenvalue weighted by Gasteiger charge is -2.43. The Labute approximate surface area is 194 Å². The molecule has 4 rings (SSSR count). The average Bonchev–Trinajstić information content (AvgIpc) is 3.45. The van der Waals surface area contributed by atoms with E-state index < -0.39 is 5.54 Å². The summed E-state index contributed by atoms with van der Waals surface area (Å²) in [5.74, 6) is -0.794. The molecule has 1 saturated carbocycles. The number of benzene rings is 1. The van der Waals surface area contributed by atoms with Gasteiger partial charge < -0.3 is 15.5 Å². The maximum absolute atomic E-state index is 13.5. The molecule has 1 aliphatic heterocycles. The number of rotatable bonds is 7. The highest BCUT2D eigenvalue weighted by atomic mass is 16.2. The summed E-state index contributed by atoms with van der Waals surface area (Å²) in [7, 11) is 0. The number of hydrogen-bond donors (Lipinski definition) is 2. The number of hydrogen-bond acceptors (Lipinski definition) is 4. The number of aromatic nitrogens is 2. The molecule has 0 bridgehead atoms. The van der Waals surface area contributed by atoms with Crippen molar-refractivity contribution in [3.05, 3.63) is 47.3 Å². The molecule has 1 fully saturated rings. The molecule has 176 valence electrons. The van der Waals surface area contributed by atoms with Crippen LogP contribution in [0.15, 0.2) is 30.3 Å². The molecule has 2 heterocycles. The van der Waals surface area contributed by atoms with Gasteiger partial charge in [0.05, 0.1) is 6.54 Å². The summed E-state index contributed by atoms with van der Waals surface area (Å²) < 4.78 is 1.52. The first-order valence-corrected chi connectivity index (χ1v) is 11.9. The fraction of sp³-hybridized carbons (Fsp3) is 0.520. The van der Waals surface area contributed by atoms with E-state index >= 15 is 0 Å². The molecule has 1 aromatic heterocycles. The SMILES string of the molecule is CCCCN1C(=O)c2cc(C(=O)Nc3ccc(C)cc3)nn2C[C@@]1(C)C(=O)NC1CCCC1. The highest BCUT2D eigenvalue weighted by Gasteiger charge is 2.48. The van der Waals surface area contributed by atoms with Gasteiger partial charge >= 0.3 is 0 Å². The highest BCUT2D eigenvalue weighted by Crippen LogP contribution is 2.29. The summed E-state index contributed by atoms with van der Waals surface area (Å²) in [6.07, 6.45) is 5.88. The zero-order valence-electron chi connectivity index (χ0n) is 19.7. The molecule has 2 aliphatic rings. The van der Waals surface area contributed by atoms with Crippen LogP contribution in [0.3, 0.4) is 0 Å². The first-order valence-electron chi connectivity index (χ1n) is 11.9. The van der Waals surface area contributed by atoms with Gasteiger partial charge in [0.15, 0.2) is 5.69 Å². The molecular weight excluding hydrogens is 418 g/mol. The van der Waals surface area contributed by atoms with Gasteiger partial charge in [-0.05, 0) is 45.2 Å². The van der Waals surface area contributed by atoms with E-state index in [1.54, 1.807) is 4.90 Å². The predicted molar refractivity (Wildman–Crippen MR) is 126 cm³/mol. The van der Waals surface area contributed by atoms with Gasteiger partial charge in [-0.1, -0.05) is 43.9 Å². The predicted octanol–water partition coefficient (Wildman–Crippen LogP) is 3.52. The van der Waals surface area contributed by atoms with E-state index in [9.17, 15) is 14.4 Å². The van der Waals surface area contributed by atoms with Gasteiger partial charge in [-0.3, -0.25) is 19.1 Å². The van der Waals surface area contributed by atoms with Crippen LogP contribution in [0.5, 0.6) is 0 Å². The van der Waals surface area contributed by atoms with Crippen molar-refractivity contribution in [2.75, 3.05) is 11.9 Å². The summed E-state index contributed by atoms with van der Waals surface area (Å²) in [6.45, 7) is 6.54. The molecule has 8 heteroatoms. The third kappa shape index (κ3) is 4.65. The van der Waals surface area contributed by atoms with E-state index in [0.29, 0.717) is 17.9 Å². The fourth-order valence-corrected chi connectivity index (χ4v) is 4.66. The second kappa shape index (κ2) is 9.37. The summed E-state index contributed by atoms with van der Waals surface area (Å²) in [5.41, 5.74) is 1.20. The third-order valence-corrected chi connectivity index (χ3v) is 6.75. The lowest BCUT2D eigenvalue weighted by atomic mass is 9.94. The monoisotopic (exact) mass is 451 g/mol. The zero-order chi connectivity index (χ0) is 23.6. The van der Waals surface area contributed by atoms with Crippen molar-refractivity contribution in [3.63, 3.8) is 0 Å². The molecule has 33 heavy (non-hydrogen) atoms. The zero-order valence-corrected chi connectivity index (χ0v) is 19.7. The molecule has 8 nitrogen and oxygen atoms in total. The van der Waals surface area contributed by atoms with E-state index in [1.165, 1.54) is 10.7 Å². The van der Waals surface area contributed by atoms with Gasteiger partial charge in [-0.15, -0.1) is 0 Å². The lowest BCUT2D eigenvalue weighted by Crippen LogP contribution is -2.65. The molecule has 0 spiro atoms. The van der Waals surface area contributed by atoms with Gasteiger partial charge in [0.1, 0.15) is 11.2 Å². The Morgan fingerprint density at radius 3 is 2.55 bits per heavy atom. The maximum Gasteiger partial charge on any atom is 0.276 e. The number of fused-ring (bicyclic) bond motifs is 1. The molecule has 1 aromatic carbocycles. The van der Waals surface area contributed by atoms with Crippen molar-refractivity contribution in [1.82, 2.24) is 20.0 Å². The Kier molecular flexibility index (Phi) is 6.54. The van der Waals surface area contributed by atoms with Crippen LogP contribution in [0.1, 0.15) is 78.9 Å². The van der Waals surface area contributed by atoms with E-state index in [1.807, 2.05) is 38.1 Å². The lowest BCUT2D eigenvalue weighted by molar-refractivity contribution is -0.133. The van der Waals surface area contributed by atoms with Crippen LogP contribution in [0.25, 0.3) is 0 Å². The Morgan fingerprint density at radius 2 is 1.88 bits per heavy atom. The quantitative estimate of drug-likeness (QED) is 0.673. The minimum Gasteiger partial charge on any atom is -0.351 e. The molecule has 1 atom stereocenters. The Balaban J connectivity index is 1.59. The molecule has 3 amide bonds. The summed E-state index contributed by atoms with van der Waals surface area (Å²) in [6, 6.07) is 9.16. The number of nitrogens with zero attached hydrogens (tertiary/aromatic N) is 3.